The Hall–Kier alpha value is -2.64. The Kier molecular flexibility index (Phi) is 4.48. The Balaban J connectivity index is 1.67. The maximum atomic E-state index is 5.38. The van der Waals surface area contributed by atoms with Gasteiger partial charge in [-0.1, -0.05) is 12.1 Å². The number of imidazole rings is 1. The molecule has 0 fully saturated rings. The number of nitrogens with one attached hydrogen (secondary N) is 1. The van der Waals surface area contributed by atoms with Crippen molar-refractivity contribution in [1.82, 2.24) is 24.5 Å². The number of rotatable bonds is 6. The van der Waals surface area contributed by atoms with Gasteiger partial charge < -0.3 is 4.74 Å². The minimum atomic E-state index is 0.774. The van der Waals surface area contributed by atoms with Crippen LogP contribution in [-0.2, 0) is 13.1 Å². The monoisotopic (exact) mass is 367 g/mol. The maximum absolute atomic E-state index is 5.38. The number of fused-ring (bicyclic) bond motifs is 1. The Morgan fingerprint density at radius 3 is 2.92 bits per heavy atom. The van der Waals surface area contributed by atoms with Gasteiger partial charge in [-0.05, 0) is 32.2 Å². The molecular formula is C19H21N5OS. The van der Waals surface area contributed by atoms with Crippen molar-refractivity contribution in [2.75, 3.05) is 14.2 Å². The second kappa shape index (κ2) is 6.93. The Bertz CT molecular complexity index is 1030. The molecule has 3 heterocycles. The second-order valence-electron chi connectivity index (χ2n) is 6.41. The highest BCUT2D eigenvalue weighted by molar-refractivity contribution is 7.15. The average Bonchev–Trinajstić information content (AvgIpc) is 3.33. The Morgan fingerprint density at radius 1 is 1.27 bits per heavy atom. The van der Waals surface area contributed by atoms with Crippen LogP contribution in [0.15, 0.2) is 41.9 Å². The molecule has 0 aliphatic heterocycles. The first kappa shape index (κ1) is 16.8. The van der Waals surface area contributed by atoms with Crippen molar-refractivity contribution in [3.8, 4) is 17.0 Å². The zero-order valence-electron chi connectivity index (χ0n) is 15.1. The predicted molar refractivity (Wildman–Crippen MR) is 104 cm³/mol. The lowest BCUT2D eigenvalue weighted by Gasteiger charge is -2.16. The molecule has 4 rings (SSSR count). The van der Waals surface area contributed by atoms with Gasteiger partial charge in [0, 0.05) is 35.9 Å². The van der Waals surface area contributed by atoms with Gasteiger partial charge in [0.15, 0.2) is 4.96 Å². The van der Waals surface area contributed by atoms with E-state index in [0.717, 1.165) is 46.4 Å². The first-order valence-electron chi connectivity index (χ1n) is 8.42. The van der Waals surface area contributed by atoms with E-state index in [2.05, 4.69) is 50.3 Å². The fourth-order valence-electron chi connectivity index (χ4n) is 3.13. The van der Waals surface area contributed by atoms with Crippen LogP contribution in [0.4, 0.5) is 0 Å². The Morgan fingerprint density at radius 2 is 2.15 bits per heavy atom. The smallest absolute Gasteiger partial charge is 0.194 e. The summed E-state index contributed by atoms with van der Waals surface area (Å²) in [7, 11) is 3.79. The van der Waals surface area contributed by atoms with Crippen LogP contribution in [0.1, 0.15) is 17.1 Å². The van der Waals surface area contributed by atoms with Crippen molar-refractivity contribution >= 4 is 16.3 Å². The molecular weight excluding hydrogens is 346 g/mol. The fourth-order valence-corrected chi connectivity index (χ4v) is 3.86. The van der Waals surface area contributed by atoms with E-state index >= 15 is 0 Å². The first-order valence-corrected chi connectivity index (χ1v) is 9.30. The van der Waals surface area contributed by atoms with Gasteiger partial charge in [0.1, 0.15) is 5.75 Å². The highest BCUT2D eigenvalue weighted by Crippen LogP contribution is 2.29. The van der Waals surface area contributed by atoms with E-state index in [1.807, 2.05) is 25.1 Å². The van der Waals surface area contributed by atoms with E-state index in [-0.39, 0.29) is 0 Å². The number of hydrogen-bond donors (Lipinski definition) is 1. The molecule has 1 aromatic carbocycles. The van der Waals surface area contributed by atoms with Crippen molar-refractivity contribution in [2.24, 2.45) is 0 Å². The van der Waals surface area contributed by atoms with Crippen molar-refractivity contribution < 1.29 is 4.74 Å². The van der Waals surface area contributed by atoms with E-state index in [9.17, 15) is 0 Å². The molecule has 0 aliphatic rings. The molecule has 0 unspecified atom stereocenters. The molecule has 134 valence electrons. The van der Waals surface area contributed by atoms with Gasteiger partial charge in [-0.25, -0.2) is 4.98 Å². The quantitative estimate of drug-likeness (QED) is 0.564. The summed E-state index contributed by atoms with van der Waals surface area (Å²) in [5.41, 5.74) is 5.36. The normalized spacial score (nSPS) is 11.5. The largest absolute Gasteiger partial charge is 0.497 e. The molecule has 0 radical (unpaired) electrons. The standard InChI is InChI=1S/C19H21N5OS/c1-13-9-15(22-21-13)11-23(2)12-17-18(20-19-24(17)7-8-26-19)14-5-4-6-16(10-14)25-3/h4-10H,11-12H2,1-3H3,(H,21,22). The zero-order chi connectivity index (χ0) is 18.1. The van der Waals surface area contributed by atoms with Crippen LogP contribution in [-0.4, -0.2) is 38.6 Å². The molecule has 0 spiro atoms. The number of hydrogen-bond acceptors (Lipinski definition) is 5. The van der Waals surface area contributed by atoms with Crippen LogP contribution < -0.4 is 4.74 Å². The highest BCUT2D eigenvalue weighted by atomic mass is 32.1. The molecule has 7 heteroatoms. The van der Waals surface area contributed by atoms with Gasteiger partial charge in [-0.15, -0.1) is 11.3 Å². The van der Waals surface area contributed by atoms with E-state index in [1.54, 1.807) is 18.4 Å². The number of aromatic amines is 1. The van der Waals surface area contributed by atoms with Crippen LogP contribution in [0.25, 0.3) is 16.2 Å². The van der Waals surface area contributed by atoms with Crippen molar-refractivity contribution in [3.05, 3.63) is 59.0 Å². The third kappa shape index (κ3) is 3.23. The van der Waals surface area contributed by atoms with Crippen molar-refractivity contribution in [2.45, 2.75) is 20.0 Å². The van der Waals surface area contributed by atoms with Gasteiger partial charge >= 0.3 is 0 Å². The molecule has 0 saturated carbocycles. The van der Waals surface area contributed by atoms with Crippen LogP contribution >= 0.6 is 11.3 Å². The van der Waals surface area contributed by atoms with Gasteiger partial charge in [0.25, 0.3) is 0 Å². The van der Waals surface area contributed by atoms with Crippen molar-refractivity contribution in [1.29, 1.82) is 0 Å². The molecule has 4 aromatic rings. The molecule has 0 saturated heterocycles. The number of aryl methyl sites for hydroxylation is 1. The molecule has 0 amide bonds. The number of nitrogens with zero attached hydrogens (tertiary/aromatic N) is 4. The average molecular weight is 367 g/mol. The van der Waals surface area contributed by atoms with Crippen LogP contribution in [0, 0.1) is 6.92 Å². The molecule has 0 atom stereocenters. The molecule has 1 N–H and O–H groups in total. The lowest BCUT2D eigenvalue weighted by molar-refractivity contribution is 0.310. The third-order valence-corrected chi connectivity index (χ3v) is 5.07. The van der Waals surface area contributed by atoms with Gasteiger partial charge in [0.05, 0.1) is 24.2 Å². The van der Waals surface area contributed by atoms with E-state index < -0.39 is 0 Å². The fraction of sp³-hybridized carbons (Fsp3) is 0.263. The van der Waals surface area contributed by atoms with Gasteiger partial charge in [-0.3, -0.25) is 14.4 Å². The summed E-state index contributed by atoms with van der Waals surface area (Å²) < 4.78 is 7.55. The summed E-state index contributed by atoms with van der Waals surface area (Å²) in [4.78, 5) is 8.11. The minimum Gasteiger partial charge on any atom is -0.497 e. The van der Waals surface area contributed by atoms with Crippen LogP contribution in [0.5, 0.6) is 5.75 Å². The molecule has 0 aliphatic carbocycles. The van der Waals surface area contributed by atoms with Crippen LogP contribution in [0.2, 0.25) is 0 Å². The second-order valence-corrected chi connectivity index (χ2v) is 7.28. The number of benzene rings is 1. The summed E-state index contributed by atoms with van der Waals surface area (Å²) in [6.45, 7) is 3.57. The summed E-state index contributed by atoms with van der Waals surface area (Å²) in [5, 5.41) is 9.41. The minimum absolute atomic E-state index is 0.774. The molecule has 0 bridgehead atoms. The number of H-pyrrole nitrogens is 1. The third-order valence-electron chi connectivity index (χ3n) is 4.31. The number of aromatic nitrogens is 4. The molecule has 6 nitrogen and oxygen atoms in total. The molecule has 26 heavy (non-hydrogen) atoms. The SMILES string of the molecule is COc1cccc(-c2nc3sccn3c2CN(C)Cc2cc(C)[nH]n2)c1. The summed E-state index contributed by atoms with van der Waals surface area (Å²) in [5.74, 6) is 0.838. The molecule has 3 aromatic heterocycles. The van der Waals surface area contributed by atoms with E-state index in [1.165, 1.54) is 5.69 Å². The highest BCUT2D eigenvalue weighted by Gasteiger charge is 2.17. The lowest BCUT2D eigenvalue weighted by atomic mass is 10.1. The van der Waals surface area contributed by atoms with Gasteiger partial charge in [-0.2, -0.15) is 5.10 Å². The number of thiazole rings is 1. The Labute approximate surface area is 156 Å². The lowest BCUT2D eigenvalue weighted by Crippen LogP contribution is -2.19. The zero-order valence-corrected chi connectivity index (χ0v) is 15.9. The number of methoxy groups -OCH3 is 1. The topological polar surface area (TPSA) is 58.5 Å². The summed E-state index contributed by atoms with van der Waals surface area (Å²) >= 11 is 1.65. The summed E-state index contributed by atoms with van der Waals surface area (Å²) in [6, 6.07) is 10.1. The first-order chi connectivity index (χ1) is 12.6. The number of ether oxygens (including phenoxy) is 1. The predicted octanol–water partition coefficient (Wildman–Crippen LogP) is 3.73. The van der Waals surface area contributed by atoms with Gasteiger partial charge in [0.2, 0.25) is 0 Å². The summed E-state index contributed by atoms with van der Waals surface area (Å²) in [6.07, 6.45) is 2.08. The van der Waals surface area contributed by atoms with E-state index in [4.69, 9.17) is 9.72 Å². The van der Waals surface area contributed by atoms with Crippen molar-refractivity contribution in [3.63, 3.8) is 0 Å². The van der Waals surface area contributed by atoms with Crippen LogP contribution in [0.3, 0.4) is 0 Å². The van der Waals surface area contributed by atoms with E-state index in [0.29, 0.717) is 0 Å². The maximum Gasteiger partial charge on any atom is 0.194 e.